The summed E-state index contributed by atoms with van der Waals surface area (Å²) in [6.07, 6.45) is -0.500. The number of halogens is 3. The molecule has 0 N–H and O–H groups in total. The molecule has 1 aliphatic heterocycles. The van der Waals surface area contributed by atoms with Crippen LogP contribution in [-0.2, 0) is 14.3 Å². The lowest BCUT2D eigenvalue weighted by Gasteiger charge is -2.18. The summed E-state index contributed by atoms with van der Waals surface area (Å²) in [4.78, 5) is 23.4. The molecule has 4 nitrogen and oxygen atoms in total. The van der Waals surface area contributed by atoms with Crippen molar-refractivity contribution in [2.45, 2.75) is 25.6 Å². The highest BCUT2D eigenvalue weighted by Crippen LogP contribution is 2.24. The number of terminal acetylenes is 1. The number of alkyl halides is 3. The Kier molecular flexibility index (Phi) is 4.22. The average molecular weight is 263 g/mol. The molecule has 2 unspecified atom stereocenters. The first-order chi connectivity index (χ1) is 8.23. The van der Waals surface area contributed by atoms with E-state index in [0.717, 1.165) is 0 Å². The molecule has 0 aromatic carbocycles. The zero-order valence-electron chi connectivity index (χ0n) is 9.66. The van der Waals surface area contributed by atoms with E-state index < -0.39 is 36.6 Å². The number of amides is 1. The third-order valence-electron chi connectivity index (χ3n) is 2.45. The van der Waals surface area contributed by atoms with Gasteiger partial charge in [-0.3, -0.25) is 9.59 Å². The fourth-order valence-electron chi connectivity index (χ4n) is 1.60. The van der Waals surface area contributed by atoms with Crippen LogP contribution >= 0.6 is 0 Å². The summed E-state index contributed by atoms with van der Waals surface area (Å²) in [5.41, 5.74) is 0. The normalized spacial score (nSPS) is 21.6. The largest absolute Gasteiger partial charge is 0.449 e. The molecule has 1 saturated heterocycles. The molecule has 0 saturated carbocycles. The number of carbonyl (C=O) groups excluding carboxylic acids is 2. The van der Waals surface area contributed by atoms with Crippen molar-refractivity contribution in [3.63, 3.8) is 0 Å². The molecule has 0 radical (unpaired) electrons. The zero-order chi connectivity index (χ0) is 13.9. The molecular formula is C11H12F3NO3. The molecular weight excluding hydrogens is 251 g/mol. The van der Waals surface area contributed by atoms with E-state index in [0.29, 0.717) is 4.90 Å². The van der Waals surface area contributed by atoms with E-state index in [1.54, 1.807) is 0 Å². The van der Waals surface area contributed by atoms with Gasteiger partial charge in [0.25, 0.3) is 0 Å². The van der Waals surface area contributed by atoms with Crippen LogP contribution in [0.15, 0.2) is 0 Å². The maximum absolute atomic E-state index is 12.1. The lowest BCUT2D eigenvalue weighted by Crippen LogP contribution is -2.36. The Bertz CT molecular complexity index is 386. The molecule has 1 rings (SSSR count). The van der Waals surface area contributed by atoms with Gasteiger partial charge in [0, 0.05) is 13.0 Å². The molecule has 1 aliphatic rings. The Morgan fingerprint density at radius 3 is 2.78 bits per heavy atom. The van der Waals surface area contributed by atoms with Gasteiger partial charge in [-0.25, -0.2) is 0 Å². The fraction of sp³-hybridized carbons (Fsp3) is 0.636. The number of nitrogens with zero attached hydrogens (tertiary/aromatic N) is 1. The van der Waals surface area contributed by atoms with Gasteiger partial charge in [-0.2, -0.15) is 13.2 Å². The quantitative estimate of drug-likeness (QED) is 0.563. The molecule has 0 bridgehead atoms. The van der Waals surface area contributed by atoms with Crippen molar-refractivity contribution in [3.05, 3.63) is 0 Å². The van der Waals surface area contributed by atoms with E-state index in [1.165, 1.54) is 6.92 Å². The standard InChI is InChI=1S/C11H12F3NO3/c1-3-7(2)18-10(17)8-4-9(16)15(5-8)6-11(12,13)14/h1,7-8H,4-6H2,2H3. The third-order valence-corrected chi connectivity index (χ3v) is 2.45. The first kappa shape index (κ1) is 14.4. The maximum atomic E-state index is 12.1. The van der Waals surface area contributed by atoms with E-state index in [-0.39, 0.29) is 13.0 Å². The molecule has 0 aromatic heterocycles. The SMILES string of the molecule is C#CC(C)OC(=O)C1CC(=O)N(CC(F)(F)F)C1. The number of likely N-dealkylation sites (tertiary alicyclic amines) is 1. The van der Waals surface area contributed by atoms with Gasteiger partial charge in [-0.1, -0.05) is 5.92 Å². The minimum Gasteiger partial charge on any atom is -0.449 e. The van der Waals surface area contributed by atoms with Gasteiger partial charge in [0.2, 0.25) is 5.91 Å². The summed E-state index contributed by atoms with van der Waals surface area (Å²) < 4.78 is 41.2. The Morgan fingerprint density at radius 2 is 2.28 bits per heavy atom. The van der Waals surface area contributed by atoms with Crippen LogP contribution in [-0.4, -0.2) is 42.1 Å². The summed E-state index contributed by atoms with van der Waals surface area (Å²) >= 11 is 0. The van der Waals surface area contributed by atoms with Crippen LogP contribution in [0.4, 0.5) is 13.2 Å². The van der Waals surface area contributed by atoms with Crippen molar-refractivity contribution in [2.75, 3.05) is 13.1 Å². The Labute approximate surface area is 102 Å². The van der Waals surface area contributed by atoms with E-state index in [9.17, 15) is 22.8 Å². The van der Waals surface area contributed by atoms with Gasteiger partial charge >= 0.3 is 12.1 Å². The maximum Gasteiger partial charge on any atom is 0.406 e. The number of carbonyl (C=O) groups is 2. The van der Waals surface area contributed by atoms with Crippen molar-refractivity contribution < 1.29 is 27.5 Å². The van der Waals surface area contributed by atoms with Crippen LogP contribution in [0.2, 0.25) is 0 Å². The molecule has 100 valence electrons. The number of hydrogen-bond acceptors (Lipinski definition) is 3. The number of hydrogen-bond donors (Lipinski definition) is 0. The monoisotopic (exact) mass is 263 g/mol. The lowest BCUT2D eigenvalue weighted by atomic mass is 10.1. The highest BCUT2D eigenvalue weighted by molar-refractivity contribution is 5.86. The van der Waals surface area contributed by atoms with Gasteiger partial charge in [-0.15, -0.1) is 6.42 Å². The number of rotatable bonds is 3. The van der Waals surface area contributed by atoms with Crippen LogP contribution in [0.5, 0.6) is 0 Å². The lowest BCUT2D eigenvalue weighted by molar-refractivity contribution is -0.158. The zero-order valence-corrected chi connectivity index (χ0v) is 9.66. The third kappa shape index (κ3) is 3.95. The van der Waals surface area contributed by atoms with E-state index in [4.69, 9.17) is 11.2 Å². The highest BCUT2D eigenvalue weighted by atomic mass is 19.4. The van der Waals surface area contributed by atoms with Crippen LogP contribution < -0.4 is 0 Å². The van der Waals surface area contributed by atoms with Gasteiger partial charge in [0.1, 0.15) is 6.54 Å². The minimum atomic E-state index is -4.47. The molecule has 0 aromatic rings. The van der Waals surface area contributed by atoms with Gasteiger partial charge < -0.3 is 9.64 Å². The van der Waals surface area contributed by atoms with Crippen LogP contribution in [0.3, 0.4) is 0 Å². The van der Waals surface area contributed by atoms with Crippen molar-refractivity contribution >= 4 is 11.9 Å². The number of esters is 1. The van der Waals surface area contributed by atoms with Crippen molar-refractivity contribution in [1.82, 2.24) is 4.90 Å². The second-order valence-electron chi connectivity index (χ2n) is 4.04. The van der Waals surface area contributed by atoms with Crippen LogP contribution in [0.25, 0.3) is 0 Å². The van der Waals surface area contributed by atoms with Crippen molar-refractivity contribution in [2.24, 2.45) is 5.92 Å². The van der Waals surface area contributed by atoms with Gasteiger partial charge in [-0.05, 0) is 6.92 Å². The topological polar surface area (TPSA) is 46.6 Å². The molecule has 1 heterocycles. The van der Waals surface area contributed by atoms with E-state index >= 15 is 0 Å². The van der Waals surface area contributed by atoms with E-state index in [2.05, 4.69) is 5.92 Å². The summed E-state index contributed by atoms with van der Waals surface area (Å²) in [5.74, 6) is -0.164. The molecule has 1 fully saturated rings. The first-order valence-corrected chi connectivity index (χ1v) is 5.24. The van der Waals surface area contributed by atoms with Crippen molar-refractivity contribution in [1.29, 1.82) is 0 Å². The Hall–Kier alpha value is -1.71. The summed E-state index contributed by atoms with van der Waals surface area (Å²) in [7, 11) is 0. The van der Waals surface area contributed by atoms with E-state index in [1.807, 2.05) is 0 Å². The van der Waals surface area contributed by atoms with Crippen molar-refractivity contribution in [3.8, 4) is 12.3 Å². The minimum absolute atomic E-state index is 0.272. The average Bonchev–Trinajstić information content (AvgIpc) is 2.57. The second-order valence-corrected chi connectivity index (χ2v) is 4.04. The molecule has 18 heavy (non-hydrogen) atoms. The predicted molar refractivity (Wildman–Crippen MR) is 55.1 cm³/mol. The molecule has 0 spiro atoms. The predicted octanol–water partition coefficient (Wildman–Crippen LogP) is 0.962. The first-order valence-electron chi connectivity index (χ1n) is 5.24. The number of ether oxygens (including phenoxy) is 1. The summed E-state index contributed by atoms with van der Waals surface area (Å²) in [6.45, 7) is -0.170. The second kappa shape index (κ2) is 5.29. The summed E-state index contributed by atoms with van der Waals surface area (Å²) in [6, 6.07) is 0. The summed E-state index contributed by atoms with van der Waals surface area (Å²) in [5, 5.41) is 0. The Balaban J connectivity index is 2.56. The van der Waals surface area contributed by atoms with Gasteiger partial charge in [0.05, 0.1) is 5.92 Å². The van der Waals surface area contributed by atoms with Gasteiger partial charge in [0.15, 0.2) is 6.10 Å². The Morgan fingerprint density at radius 1 is 1.67 bits per heavy atom. The van der Waals surface area contributed by atoms with Crippen LogP contribution in [0.1, 0.15) is 13.3 Å². The molecule has 1 amide bonds. The smallest absolute Gasteiger partial charge is 0.406 e. The highest BCUT2D eigenvalue weighted by Gasteiger charge is 2.41. The fourth-order valence-corrected chi connectivity index (χ4v) is 1.60. The molecule has 0 aliphatic carbocycles. The molecule has 2 atom stereocenters. The van der Waals surface area contributed by atoms with Crippen LogP contribution in [0, 0.1) is 18.3 Å². The molecule has 7 heteroatoms.